The first-order valence-electron chi connectivity index (χ1n) is 9.33. The third kappa shape index (κ3) is 3.82. The third-order valence-electron chi connectivity index (χ3n) is 4.72. The molecule has 6 nitrogen and oxygen atoms in total. The Balaban J connectivity index is 1.71. The van der Waals surface area contributed by atoms with Crippen molar-refractivity contribution in [2.75, 3.05) is 14.1 Å². The van der Waals surface area contributed by atoms with Gasteiger partial charge < -0.3 is 9.32 Å². The highest BCUT2D eigenvalue weighted by Gasteiger charge is 2.17. The summed E-state index contributed by atoms with van der Waals surface area (Å²) in [7, 11) is 3.88. The minimum Gasteiger partial charge on any atom is -0.415 e. The summed E-state index contributed by atoms with van der Waals surface area (Å²) < 4.78 is 5.86. The van der Waals surface area contributed by atoms with Crippen LogP contribution in [0.1, 0.15) is 11.3 Å². The fourth-order valence-electron chi connectivity index (χ4n) is 2.96. The maximum absolute atomic E-state index is 6.56. The van der Waals surface area contributed by atoms with Gasteiger partial charge in [-0.3, -0.25) is 4.98 Å². The van der Waals surface area contributed by atoms with E-state index in [0.29, 0.717) is 33.9 Å². The Morgan fingerprint density at radius 2 is 1.77 bits per heavy atom. The van der Waals surface area contributed by atoms with Crippen LogP contribution in [0.5, 0.6) is 0 Å². The summed E-state index contributed by atoms with van der Waals surface area (Å²) >= 11 is 6.56. The van der Waals surface area contributed by atoms with Gasteiger partial charge in [0.05, 0.1) is 22.6 Å². The SMILES string of the molecule is C=C(c1ccc(-c2cnc(C)c(-c3nnc(-c4ccccc4)o3)n2)c(Cl)c1)N(C)C. The number of hydrogen-bond acceptors (Lipinski definition) is 6. The molecule has 2 aromatic heterocycles. The Bertz CT molecular complexity index is 1220. The van der Waals surface area contributed by atoms with Crippen LogP contribution in [-0.2, 0) is 0 Å². The molecule has 0 aliphatic carbocycles. The summed E-state index contributed by atoms with van der Waals surface area (Å²) in [6.07, 6.45) is 1.69. The maximum Gasteiger partial charge on any atom is 0.268 e. The molecular weight excluding hydrogens is 398 g/mol. The van der Waals surface area contributed by atoms with Crippen LogP contribution in [0.15, 0.2) is 65.7 Å². The molecule has 0 radical (unpaired) electrons. The molecule has 0 spiro atoms. The molecule has 0 saturated heterocycles. The molecule has 4 aromatic rings. The Morgan fingerprint density at radius 1 is 1.03 bits per heavy atom. The summed E-state index contributed by atoms with van der Waals surface area (Å²) in [5, 5.41) is 8.88. The lowest BCUT2D eigenvalue weighted by molar-refractivity contribution is 0.581. The number of aryl methyl sites for hydroxylation is 1. The first-order valence-corrected chi connectivity index (χ1v) is 9.71. The molecule has 150 valence electrons. The van der Waals surface area contributed by atoms with Gasteiger partial charge in [-0.25, -0.2) is 4.98 Å². The molecule has 0 N–H and O–H groups in total. The van der Waals surface area contributed by atoms with Gasteiger partial charge in [-0.1, -0.05) is 48.5 Å². The van der Waals surface area contributed by atoms with Crippen LogP contribution in [0.3, 0.4) is 0 Å². The highest BCUT2D eigenvalue weighted by atomic mass is 35.5. The molecule has 0 bridgehead atoms. The van der Waals surface area contributed by atoms with Gasteiger partial charge in [0.1, 0.15) is 5.69 Å². The van der Waals surface area contributed by atoms with E-state index in [-0.39, 0.29) is 0 Å². The Morgan fingerprint density at radius 3 is 2.47 bits per heavy atom. The highest BCUT2D eigenvalue weighted by Crippen LogP contribution is 2.32. The maximum atomic E-state index is 6.56. The smallest absolute Gasteiger partial charge is 0.268 e. The van der Waals surface area contributed by atoms with E-state index in [1.54, 1.807) is 6.20 Å². The van der Waals surface area contributed by atoms with Gasteiger partial charge in [-0.15, -0.1) is 10.2 Å². The second kappa shape index (κ2) is 8.08. The average molecular weight is 418 g/mol. The Kier molecular flexibility index (Phi) is 5.33. The van der Waals surface area contributed by atoms with Crippen molar-refractivity contribution in [3.8, 4) is 34.3 Å². The summed E-state index contributed by atoms with van der Waals surface area (Å²) in [4.78, 5) is 11.1. The number of aromatic nitrogens is 4. The van der Waals surface area contributed by atoms with Crippen LogP contribution in [-0.4, -0.2) is 39.2 Å². The van der Waals surface area contributed by atoms with Gasteiger partial charge in [-0.2, -0.15) is 0 Å². The first-order chi connectivity index (χ1) is 14.4. The lowest BCUT2D eigenvalue weighted by Gasteiger charge is -2.16. The lowest BCUT2D eigenvalue weighted by atomic mass is 10.1. The summed E-state index contributed by atoms with van der Waals surface area (Å²) in [5.41, 5.74) is 5.27. The van der Waals surface area contributed by atoms with Crippen molar-refractivity contribution < 1.29 is 4.42 Å². The minimum absolute atomic E-state index is 0.314. The van der Waals surface area contributed by atoms with E-state index in [9.17, 15) is 0 Å². The van der Waals surface area contributed by atoms with Gasteiger partial charge in [0.2, 0.25) is 5.89 Å². The van der Waals surface area contributed by atoms with Crippen molar-refractivity contribution >= 4 is 17.3 Å². The molecule has 7 heteroatoms. The minimum atomic E-state index is 0.314. The zero-order chi connectivity index (χ0) is 21.3. The first kappa shape index (κ1) is 19.8. The van der Waals surface area contributed by atoms with Crippen molar-refractivity contribution in [3.05, 3.63) is 77.6 Å². The van der Waals surface area contributed by atoms with Gasteiger partial charge in [-0.05, 0) is 30.7 Å². The highest BCUT2D eigenvalue weighted by molar-refractivity contribution is 6.33. The van der Waals surface area contributed by atoms with Crippen LogP contribution in [0.4, 0.5) is 0 Å². The number of halogens is 1. The van der Waals surface area contributed by atoms with Crippen molar-refractivity contribution in [1.82, 2.24) is 25.1 Å². The van der Waals surface area contributed by atoms with Crippen LogP contribution in [0.2, 0.25) is 5.02 Å². The van der Waals surface area contributed by atoms with Crippen LogP contribution >= 0.6 is 11.6 Å². The predicted octanol–water partition coefficient (Wildman–Crippen LogP) is 5.35. The monoisotopic (exact) mass is 417 g/mol. The van der Waals surface area contributed by atoms with E-state index in [2.05, 4.69) is 21.8 Å². The van der Waals surface area contributed by atoms with Crippen molar-refractivity contribution in [2.24, 2.45) is 0 Å². The largest absolute Gasteiger partial charge is 0.415 e. The summed E-state index contributed by atoms with van der Waals surface area (Å²) in [5.74, 6) is 0.746. The second-order valence-corrected chi connectivity index (χ2v) is 7.41. The van der Waals surface area contributed by atoms with Gasteiger partial charge in [0, 0.05) is 30.9 Å². The molecule has 0 fully saturated rings. The zero-order valence-corrected chi connectivity index (χ0v) is 17.7. The van der Waals surface area contributed by atoms with Crippen LogP contribution in [0, 0.1) is 6.92 Å². The van der Waals surface area contributed by atoms with E-state index < -0.39 is 0 Å². The third-order valence-corrected chi connectivity index (χ3v) is 5.03. The van der Waals surface area contributed by atoms with Crippen LogP contribution < -0.4 is 0 Å². The topological polar surface area (TPSA) is 67.9 Å². The number of hydrogen-bond donors (Lipinski definition) is 0. The molecule has 2 aromatic carbocycles. The number of rotatable bonds is 5. The van der Waals surface area contributed by atoms with E-state index in [1.807, 2.05) is 74.4 Å². The summed E-state index contributed by atoms with van der Waals surface area (Å²) in [6, 6.07) is 15.3. The molecule has 0 aliphatic heterocycles. The van der Waals surface area contributed by atoms with Crippen molar-refractivity contribution in [1.29, 1.82) is 0 Å². The van der Waals surface area contributed by atoms with Gasteiger partial charge in [0.15, 0.2) is 0 Å². The average Bonchev–Trinajstić information content (AvgIpc) is 3.24. The normalized spacial score (nSPS) is 10.8. The molecule has 0 unspecified atom stereocenters. The fourth-order valence-corrected chi connectivity index (χ4v) is 3.24. The van der Waals surface area contributed by atoms with Crippen LogP contribution in [0.25, 0.3) is 40.0 Å². The summed E-state index contributed by atoms with van der Waals surface area (Å²) in [6.45, 7) is 5.92. The lowest BCUT2D eigenvalue weighted by Crippen LogP contribution is -2.08. The fraction of sp³-hybridized carbons (Fsp3) is 0.130. The standard InChI is InChI=1S/C23H20ClN5O/c1-14-21(23-28-27-22(30-23)16-8-6-5-7-9-16)26-20(13-25-14)18-11-10-17(12-19(18)24)15(2)29(3)4/h5-13H,2H2,1,3-4H3. The number of nitrogens with zero attached hydrogens (tertiary/aromatic N) is 5. The molecule has 0 aliphatic rings. The molecule has 30 heavy (non-hydrogen) atoms. The van der Waals surface area contributed by atoms with Crippen molar-refractivity contribution in [2.45, 2.75) is 6.92 Å². The van der Waals surface area contributed by atoms with E-state index in [0.717, 1.165) is 22.4 Å². The van der Waals surface area contributed by atoms with Crippen molar-refractivity contribution in [3.63, 3.8) is 0 Å². The van der Waals surface area contributed by atoms with E-state index in [4.69, 9.17) is 21.0 Å². The molecule has 0 saturated carbocycles. The molecule has 2 heterocycles. The van der Waals surface area contributed by atoms with Gasteiger partial charge >= 0.3 is 0 Å². The van der Waals surface area contributed by atoms with E-state index >= 15 is 0 Å². The molecule has 4 rings (SSSR count). The Labute approximate surface area is 179 Å². The second-order valence-electron chi connectivity index (χ2n) is 7.00. The predicted molar refractivity (Wildman–Crippen MR) is 119 cm³/mol. The Hall–Kier alpha value is -3.51. The number of benzene rings is 2. The molecule has 0 atom stereocenters. The van der Waals surface area contributed by atoms with Gasteiger partial charge in [0.25, 0.3) is 5.89 Å². The zero-order valence-electron chi connectivity index (χ0n) is 16.9. The van der Waals surface area contributed by atoms with E-state index in [1.165, 1.54) is 0 Å². The molecular formula is C23H20ClN5O. The quantitative estimate of drug-likeness (QED) is 0.435. The molecule has 0 amide bonds.